The summed E-state index contributed by atoms with van der Waals surface area (Å²) in [5.74, 6) is 0.266. The number of carbonyl (C=O) groups excluding carboxylic acids is 2. The molecular weight excluding hydrogens is 376 g/mol. The summed E-state index contributed by atoms with van der Waals surface area (Å²) in [6.07, 6.45) is 4.09. The first-order valence-electron chi connectivity index (χ1n) is 9.37. The number of fused-ring (bicyclic) bond motifs is 3. The molecule has 1 aliphatic rings. The van der Waals surface area contributed by atoms with Crippen LogP contribution in [0.15, 0.2) is 50.2 Å². The van der Waals surface area contributed by atoms with Gasteiger partial charge in [-0.25, -0.2) is 4.79 Å². The largest absolute Gasteiger partial charge is 0.484 e. The van der Waals surface area contributed by atoms with Crippen LogP contribution in [0.1, 0.15) is 23.3 Å². The van der Waals surface area contributed by atoms with E-state index in [1.807, 2.05) is 6.07 Å². The SMILES string of the molecule is O=C(CNC(=O)COc1ccc2c3c(c(=O)oc2c1)CCC3)NCc1ccco1. The van der Waals surface area contributed by atoms with Crippen molar-refractivity contribution < 1.29 is 23.2 Å². The van der Waals surface area contributed by atoms with Gasteiger partial charge in [-0.1, -0.05) is 0 Å². The van der Waals surface area contributed by atoms with E-state index in [2.05, 4.69) is 10.6 Å². The molecule has 0 spiro atoms. The zero-order valence-corrected chi connectivity index (χ0v) is 15.7. The Morgan fingerprint density at radius 3 is 2.76 bits per heavy atom. The van der Waals surface area contributed by atoms with E-state index >= 15 is 0 Å². The Hall–Kier alpha value is -3.55. The maximum absolute atomic E-state index is 12.1. The summed E-state index contributed by atoms with van der Waals surface area (Å²) in [5.41, 5.74) is 1.95. The van der Waals surface area contributed by atoms with E-state index in [-0.39, 0.29) is 31.2 Å². The van der Waals surface area contributed by atoms with Crippen LogP contribution in [-0.4, -0.2) is 25.0 Å². The van der Waals surface area contributed by atoms with Gasteiger partial charge in [0.1, 0.15) is 17.1 Å². The fraction of sp³-hybridized carbons (Fsp3) is 0.286. The third-order valence-corrected chi connectivity index (χ3v) is 4.80. The molecule has 8 nitrogen and oxygen atoms in total. The lowest BCUT2D eigenvalue weighted by Crippen LogP contribution is -2.38. The van der Waals surface area contributed by atoms with E-state index in [9.17, 15) is 14.4 Å². The molecule has 0 saturated heterocycles. The molecule has 0 fully saturated rings. The fourth-order valence-electron chi connectivity index (χ4n) is 3.39. The van der Waals surface area contributed by atoms with Gasteiger partial charge in [0.15, 0.2) is 6.61 Å². The molecule has 0 radical (unpaired) electrons. The van der Waals surface area contributed by atoms with E-state index in [0.717, 1.165) is 35.8 Å². The van der Waals surface area contributed by atoms with Crippen LogP contribution in [0.4, 0.5) is 0 Å². The molecule has 2 heterocycles. The Morgan fingerprint density at radius 2 is 1.93 bits per heavy atom. The molecule has 150 valence electrons. The van der Waals surface area contributed by atoms with Gasteiger partial charge in [-0.3, -0.25) is 9.59 Å². The minimum atomic E-state index is -0.436. The Bertz CT molecular complexity index is 1100. The van der Waals surface area contributed by atoms with Crippen molar-refractivity contribution >= 4 is 22.8 Å². The molecule has 2 amide bonds. The lowest BCUT2D eigenvalue weighted by Gasteiger charge is -2.09. The molecule has 1 aliphatic carbocycles. The van der Waals surface area contributed by atoms with Crippen LogP contribution in [0.5, 0.6) is 5.75 Å². The van der Waals surface area contributed by atoms with Gasteiger partial charge in [0, 0.05) is 17.0 Å². The van der Waals surface area contributed by atoms with Crippen molar-refractivity contribution in [3.63, 3.8) is 0 Å². The van der Waals surface area contributed by atoms with Crippen molar-refractivity contribution in [2.24, 2.45) is 0 Å². The molecule has 0 unspecified atom stereocenters. The number of benzene rings is 1. The molecule has 2 aromatic heterocycles. The van der Waals surface area contributed by atoms with E-state index in [0.29, 0.717) is 17.1 Å². The number of carbonyl (C=O) groups is 2. The van der Waals surface area contributed by atoms with Crippen molar-refractivity contribution in [1.82, 2.24) is 10.6 Å². The lowest BCUT2D eigenvalue weighted by atomic mass is 10.1. The molecule has 29 heavy (non-hydrogen) atoms. The summed E-state index contributed by atoms with van der Waals surface area (Å²) >= 11 is 0. The number of ether oxygens (including phenoxy) is 1. The van der Waals surface area contributed by atoms with Gasteiger partial charge in [-0.2, -0.15) is 0 Å². The second kappa shape index (κ2) is 8.22. The maximum atomic E-state index is 12.1. The van der Waals surface area contributed by atoms with Gasteiger partial charge in [-0.15, -0.1) is 0 Å². The van der Waals surface area contributed by atoms with Crippen molar-refractivity contribution in [3.05, 3.63) is 63.9 Å². The monoisotopic (exact) mass is 396 g/mol. The number of hydrogen-bond donors (Lipinski definition) is 2. The minimum absolute atomic E-state index is 0.165. The van der Waals surface area contributed by atoms with Crippen LogP contribution in [0.3, 0.4) is 0 Å². The van der Waals surface area contributed by atoms with Crippen molar-refractivity contribution in [2.75, 3.05) is 13.2 Å². The zero-order chi connectivity index (χ0) is 20.2. The Labute approximate surface area is 165 Å². The smallest absolute Gasteiger partial charge is 0.339 e. The number of nitrogens with one attached hydrogen (secondary N) is 2. The summed E-state index contributed by atoms with van der Waals surface area (Å²) in [4.78, 5) is 35.7. The van der Waals surface area contributed by atoms with Crippen LogP contribution < -0.4 is 21.0 Å². The number of hydrogen-bond acceptors (Lipinski definition) is 6. The first-order chi connectivity index (χ1) is 14.1. The molecular formula is C21H20N2O6. The highest BCUT2D eigenvalue weighted by Gasteiger charge is 2.19. The number of furan rings is 1. The van der Waals surface area contributed by atoms with Crippen LogP contribution in [0, 0.1) is 0 Å². The van der Waals surface area contributed by atoms with Gasteiger partial charge in [0.05, 0.1) is 19.4 Å². The van der Waals surface area contributed by atoms with Gasteiger partial charge < -0.3 is 24.2 Å². The van der Waals surface area contributed by atoms with Gasteiger partial charge in [0.25, 0.3) is 5.91 Å². The highest BCUT2D eigenvalue weighted by atomic mass is 16.5. The maximum Gasteiger partial charge on any atom is 0.339 e. The zero-order valence-electron chi connectivity index (χ0n) is 15.7. The Morgan fingerprint density at radius 1 is 1.07 bits per heavy atom. The minimum Gasteiger partial charge on any atom is -0.484 e. The van der Waals surface area contributed by atoms with Crippen LogP contribution in [0.2, 0.25) is 0 Å². The van der Waals surface area contributed by atoms with E-state index in [4.69, 9.17) is 13.6 Å². The van der Waals surface area contributed by atoms with Crippen LogP contribution >= 0.6 is 0 Å². The normalized spacial score (nSPS) is 12.6. The molecule has 0 saturated carbocycles. The third kappa shape index (κ3) is 4.31. The van der Waals surface area contributed by atoms with Gasteiger partial charge in [-0.05, 0) is 49.1 Å². The average Bonchev–Trinajstić information content (AvgIpc) is 3.41. The topological polar surface area (TPSA) is 111 Å². The quantitative estimate of drug-likeness (QED) is 0.588. The first-order valence-corrected chi connectivity index (χ1v) is 9.37. The number of amides is 2. The highest BCUT2D eigenvalue weighted by Crippen LogP contribution is 2.29. The van der Waals surface area contributed by atoms with Crippen molar-refractivity contribution in [2.45, 2.75) is 25.8 Å². The molecule has 8 heteroatoms. The van der Waals surface area contributed by atoms with E-state index in [1.54, 1.807) is 24.3 Å². The van der Waals surface area contributed by atoms with Crippen molar-refractivity contribution in [1.29, 1.82) is 0 Å². The second-order valence-corrected chi connectivity index (χ2v) is 6.78. The van der Waals surface area contributed by atoms with E-state index < -0.39 is 5.91 Å². The predicted molar refractivity (Wildman–Crippen MR) is 104 cm³/mol. The molecule has 3 aromatic rings. The molecule has 0 aliphatic heterocycles. The third-order valence-electron chi connectivity index (χ3n) is 4.80. The summed E-state index contributed by atoms with van der Waals surface area (Å²) in [5, 5.41) is 6.02. The second-order valence-electron chi connectivity index (χ2n) is 6.78. The first kappa shape index (κ1) is 18.8. The Kier molecular flexibility index (Phi) is 5.33. The van der Waals surface area contributed by atoms with E-state index in [1.165, 1.54) is 6.26 Å². The number of rotatable bonds is 7. The molecule has 4 rings (SSSR count). The summed E-state index contributed by atoms with van der Waals surface area (Å²) in [7, 11) is 0. The fourth-order valence-corrected chi connectivity index (χ4v) is 3.39. The van der Waals surface area contributed by atoms with Crippen LogP contribution in [0.25, 0.3) is 11.0 Å². The molecule has 1 aromatic carbocycles. The number of aryl methyl sites for hydroxylation is 1. The summed E-state index contributed by atoms with van der Waals surface area (Å²) in [6, 6.07) is 8.67. The summed E-state index contributed by atoms with van der Waals surface area (Å²) < 4.78 is 16.0. The molecule has 2 N–H and O–H groups in total. The predicted octanol–water partition coefficient (Wildman–Crippen LogP) is 1.69. The van der Waals surface area contributed by atoms with Gasteiger partial charge >= 0.3 is 5.63 Å². The van der Waals surface area contributed by atoms with Crippen molar-refractivity contribution in [3.8, 4) is 5.75 Å². The standard InChI is InChI=1S/C21H20N2O6/c24-19(22-10-14-3-2-8-27-14)11-23-20(25)12-28-13-6-7-16-15-4-1-5-17(15)21(26)29-18(16)9-13/h2-3,6-9H,1,4-5,10-12H2,(H,22,24)(H,23,25). The molecule has 0 atom stereocenters. The van der Waals surface area contributed by atoms with Crippen LogP contribution in [-0.2, 0) is 29.0 Å². The highest BCUT2D eigenvalue weighted by molar-refractivity contribution is 5.86. The Balaban J connectivity index is 1.29. The molecule has 0 bridgehead atoms. The average molecular weight is 396 g/mol. The summed E-state index contributed by atoms with van der Waals surface area (Å²) in [6.45, 7) is -0.169. The van der Waals surface area contributed by atoms with Gasteiger partial charge in [0.2, 0.25) is 5.91 Å². The lowest BCUT2D eigenvalue weighted by molar-refractivity contribution is -0.127.